The van der Waals surface area contributed by atoms with Crippen molar-refractivity contribution in [3.05, 3.63) is 35.6 Å². The molecule has 4 aliphatic heterocycles. The molecule has 3 fully saturated rings. The number of piperidine rings is 1. The van der Waals surface area contributed by atoms with Gasteiger partial charge in [0.2, 0.25) is 12.2 Å². The lowest BCUT2D eigenvalue weighted by atomic mass is 9.55. The molecule has 5 aliphatic rings. The van der Waals surface area contributed by atoms with E-state index in [1.807, 2.05) is 23.3 Å². The third kappa shape index (κ3) is 1.79. The molecule has 0 aromatic heterocycles. The van der Waals surface area contributed by atoms with E-state index in [0.717, 1.165) is 37.4 Å². The summed E-state index contributed by atoms with van der Waals surface area (Å²) < 4.78 is 17.4. The molecule has 6 rings (SSSR count). The Morgan fingerprint density at radius 2 is 2.18 bits per heavy atom. The van der Waals surface area contributed by atoms with Crippen LogP contribution in [0.25, 0.3) is 0 Å². The van der Waals surface area contributed by atoms with E-state index in [1.54, 1.807) is 21.1 Å². The van der Waals surface area contributed by atoms with Crippen LogP contribution in [0, 0.1) is 11.8 Å². The van der Waals surface area contributed by atoms with Crippen LogP contribution in [0.2, 0.25) is 0 Å². The lowest BCUT2D eigenvalue weighted by Gasteiger charge is -2.58. The first-order valence-electron chi connectivity index (χ1n) is 10.2. The number of nitrogens with zero attached hydrogens (tertiary/aromatic N) is 2. The maximum Gasteiger partial charge on any atom is 0.224 e. The summed E-state index contributed by atoms with van der Waals surface area (Å²) in [7, 11) is 3.40. The zero-order valence-electron chi connectivity index (χ0n) is 16.6. The van der Waals surface area contributed by atoms with Gasteiger partial charge in [0.1, 0.15) is 5.75 Å². The smallest absolute Gasteiger partial charge is 0.224 e. The van der Waals surface area contributed by atoms with Crippen molar-refractivity contribution in [2.45, 2.75) is 43.6 Å². The second-order valence-electron chi connectivity index (χ2n) is 8.85. The van der Waals surface area contributed by atoms with E-state index in [2.05, 4.69) is 11.0 Å². The average Bonchev–Trinajstić information content (AvgIpc) is 3.24. The highest BCUT2D eigenvalue weighted by Gasteiger charge is 2.70. The van der Waals surface area contributed by atoms with E-state index < -0.39 is 0 Å². The number of carbonyl (C=O) groups is 1. The van der Waals surface area contributed by atoms with Crippen molar-refractivity contribution in [1.29, 1.82) is 0 Å². The van der Waals surface area contributed by atoms with Crippen LogP contribution in [0.3, 0.4) is 0 Å². The number of hydrogen-bond acceptors (Lipinski definition) is 5. The highest BCUT2D eigenvalue weighted by Crippen LogP contribution is 2.64. The first-order valence-corrected chi connectivity index (χ1v) is 10.2. The minimum absolute atomic E-state index is 0.0507. The molecule has 0 N–H and O–H groups in total. The van der Waals surface area contributed by atoms with Gasteiger partial charge in [0.25, 0.3) is 0 Å². The molecule has 6 heteroatoms. The van der Waals surface area contributed by atoms with Crippen LogP contribution < -0.4 is 9.64 Å². The number of ether oxygens (including phenoxy) is 3. The maximum absolute atomic E-state index is 13.0. The predicted octanol–water partition coefficient (Wildman–Crippen LogP) is 2.28. The molecule has 6 nitrogen and oxygen atoms in total. The summed E-state index contributed by atoms with van der Waals surface area (Å²) in [5, 5.41) is 0. The van der Waals surface area contributed by atoms with E-state index in [1.165, 1.54) is 11.1 Å². The molecule has 4 heterocycles. The molecule has 1 saturated carbocycles. The van der Waals surface area contributed by atoms with Crippen LogP contribution in [0.15, 0.2) is 30.0 Å². The summed E-state index contributed by atoms with van der Waals surface area (Å²) in [4.78, 5) is 17.6. The van der Waals surface area contributed by atoms with Crippen LogP contribution in [0.5, 0.6) is 5.75 Å². The standard InChI is InChI=1S/C22H26N2O4/c1-12(25)24-17-8-14(26-2)4-5-16(17)22-6-7-23-10-13-11-28-21(27-3)19(20(22)24)15(13)9-18(22)23/h4-5,8,11,15,18-21H,6-7,9-10H2,1-3H3. The molecule has 2 bridgehead atoms. The molecule has 1 aromatic rings. The number of carbonyl (C=O) groups excluding carboxylic acids is 1. The third-order valence-corrected chi connectivity index (χ3v) is 8.03. The number of fused-ring (bicyclic) bond motifs is 2. The number of methoxy groups -OCH3 is 2. The van der Waals surface area contributed by atoms with E-state index in [9.17, 15) is 4.79 Å². The molecule has 1 amide bonds. The number of benzene rings is 1. The normalized spacial score (nSPS) is 39.8. The SMILES string of the molecule is COc1ccc2c(c1)N(C(C)=O)C1C3C(OC)OC=C4CN5CCC21C5CC43. The minimum atomic E-state index is -0.318. The molecule has 28 heavy (non-hydrogen) atoms. The van der Waals surface area contributed by atoms with Crippen molar-refractivity contribution >= 4 is 11.6 Å². The predicted molar refractivity (Wildman–Crippen MR) is 103 cm³/mol. The Morgan fingerprint density at radius 3 is 2.93 bits per heavy atom. The highest BCUT2D eigenvalue weighted by atomic mass is 16.7. The molecular formula is C22H26N2O4. The molecule has 1 spiro atoms. The van der Waals surface area contributed by atoms with Crippen LogP contribution in [-0.2, 0) is 19.7 Å². The third-order valence-electron chi connectivity index (χ3n) is 8.03. The molecule has 1 aromatic carbocycles. The van der Waals surface area contributed by atoms with Crippen molar-refractivity contribution in [2.24, 2.45) is 11.8 Å². The zero-order chi connectivity index (χ0) is 19.2. The molecule has 148 valence electrons. The summed E-state index contributed by atoms with van der Waals surface area (Å²) in [6, 6.07) is 6.80. The second kappa shape index (κ2) is 5.51. The molecule has 6 atom stereocenters. The Bertz CT molecular complexity index is 899. The van der Waals surface area contributed by atoms with Crippen LogP contribution in [-0.4, -0.2) is 56.5 Å². The fraction of sp³-hybridized carbons (Fsp3) is 0.591. The van der Waals surface area contributed by atoms with Crippen LogP contribution >= 0.6 is 0 Å². The molecule has 0 radical (unpaired) electrons. The Kier molecular flexibility index (Phi) is 3.32. The summed E-state index contributed by atoms with van der Waals surface area (Å²) in [5.41, 5.74) is 3.61. The molecular weight excluding hydrogens is 356 g/mol. The Hall–Kier alpha value is -2.05. The van der Waals surface area contributed by atoms with Crippen molar-refractivity contribution in [2.75, 3.05) is 32.2 Å². The molecule has 6 unspecified atom stereocenters. The number of amides is 1. The zero-order valence-corrected chi connectivity index (χ0v) is 16.6. The number of anilines is 1. The Balaban J connectivity index is 1.62. The van der Waals surface area contributed by atoms with Gasteiger partial charge in [0.15, 0.2) is 0 Å². The molecule has 2 saturated heterocycles. The van der Waals surface area contributed by atoms with Crippen molar-refractivity contribution in [1.82, 2.24) is 4.90 Å². The fourth-order valence-electron chi connectivity index (χ4n) is 7.13. The van der Waals surface area contributed by atoms with E-state index in [-0.39, 0.29) is 29.6 Å². The van der Waals surface area contributed by atoms with E-state index in [0.29, 0.717) is 12.0 Å². The van der Waals surface area contributed by atoms with Crippen molar-refractivity contribution < 1.29 is 19.0 Å². The van der Waals surface area contributed by atoms with Gasteiger partial charge in [0, 0.05) is 38.1 Å². The van der Waals surface area contributed by atoms with Gasteiger partial charge in [-0.15, -0.1) is 0 Å². The fourth-order valence-corrected chi connectivity index (χ4v) is 7.13. The quantitative estimate of drug-likeness (QED) is 0.786. The Morgan fingerprint density at radius 1 is 1.32 bits per heavy atom. The van der Waals surface area contributed by atoms with Crippen LogP contribution in [0.1, 0.15) is 25.3 Å². The van der Waals surface area contributed by atoms with Crippen LogP contribution in [0.4, 0.5) is 5.69 Å². The van der Waals surface area contributed by atoms with Gasteiger partial charge < -0.3 is 19.1 Å². The first-order chi connectivity index (χ1) is 13.6. The van der Waals surface area contributed by atoms with Gasteiger partial charge in [-0.2, -0.15) is 0 Å². The lowest BCUT2D eigenvalue weighted by Crippen LogP contribution is -2.67. The molecule has 1 aliphatic carbocycles. The first kappa shape index (κ1) is 16.9. The topological polar surface area (TPSA) is 51.2 Å². The highest BCUT2D eigenvalue weighted by molar-refractivity contribution is 5.96. The van der Waals surface area contributed by atoms with Gasteiger partial charge in [-0.05, 0) is 42.5 Å². The minimum Gasteiger partial charge on any atom is -0.497 e. The monoisotopic (exact) mass is 382 g/mol. The summed E-state index contributed by atoms with van der Waals surface area (Å²) >= 11 is 0. The lowest BCUT2D eigenvalue weighted by molar-refractivity contribution is -0.171. The van der Waals surface area contributed by atoms with E-state index >= 15 is 0 Å². The number of hydrogen-bond donors (Lipinski definition) is 0. The van der Waals surface area contributed by atoms with Gasteiger partial charge in [-0.1, -0.05) is 6.07 Å². The van der Waals surface area contributed by atoms with Gasteiger partial charge in [0.05, 0.1) is 31.0 Å². The summed E-state index contributed by atoms with van der Waals surface area (Å²) in [5.74, 6) is 1.43. The van der Waals surface area contributed by atoms with Crippen molar-refractivity contribution in [3.8, 4) is 5.75 Å². The largest absolute Gasteiger partial charge is 0.497 e. The van der Waals surface area contributed by atoms with Gasteiger partial charge in [-0.3, -0.25) is 9.69 Å². The summed E-state index contributed by atoms with van der Waals surface area (Å²) in [6.07, 6.45) is 3.80. The van der Waals surface area contributed by atoms with Crippen molar-refractivity contribution in [3.63, 3.8) is 0 Å². The number of rotatable bonds is 2. The maximum atomic E-state index is 13.0. The van der Waals surface area contributed by atoms with Gasteiger partial charge in [-0.25, -0.2) is 0 Å². The second-order valence-corrected chi connectivity index (χ2v) is 8.85. The Labute approximate surface area is 165 Å². The average molecular weight is 382 g/mol. The van der Waals surface area contributed by atoms with Gasteiger partial charge >= 0.3 is 0 Å². The van der Waals surface area contributed by atoms with E-state index in [4.69, 9.17) is 14.2 Å². The summed E-state index contributed by atoms with van der Waals surface area (Å²) in [6.45, 7) is 3.72.